The van der Waals surface area contributed by atoms with Gasteiger partial charge >= 0.3 is 11.9 Å². The molecule has 0 saturated heterocycles. The molecular formula is C22H28N2O6S3. The molecule has 0 aliphatic rings. The van der Waals surface area contributed by atoms with Crippen LogP contribution < -0.4 is 10.6 Å². The van der Waals surface area contributed by atoms with Crippen LogP contribution in [0.3, 0.4) is 0 Å². The maximum atomic E-state index is 12.4. The summed E-state index contributed by atoms with van der Waals surface area (Å²) in [4.78, 5) is 51.1. The summed E-state index contributed by atoms with van der Waals surface area (Å²) in [5.41, 5.74) is 2.29. The number of hydrogen-bond donors (Lipinski definition) is 2. The van der Waals surface area contributed by atoms with Gasteiger partial charge in [-0.15, -0.1) is 34.4 Å². The lowest BCUT2D eigenvalue weighted by Gasteiger charge is -2.08. The zero-order chi connectivity index (χ0) is 24.7. The second kappa shape index (κ2) is 12.2. The van der Waals surface area contributed by atoms with Crippen LogP contribution in [0.15, 0.2) is 0 Å². The van der Waals surface area contributed by atoms with Crippen LogP contribution in [-0.4, -0.2) is 48.5 Å². The van der Waals surface area contributed by atoms with Crippen LogP contribution >= 0.6 is 34.4 Å². The van der Waals surface area contributed by atoms with Crippen molar-refractivity contribution in [1.82, 2.24) is 0 Å². The highest BCUT2D eigenvalue weighted by Gasteiger charge is 2.23. The minimum Gasteiger partial charge on any atom is -0.462 e. The first kappa shape index (κ1) is 26.9. The molecule has 0 aromatic carbocycles. The number of amides is 2. The number of hydrogen-bond acceptors (Lipinski definition) is 9. The minimum absolute atomic E-state index is 0.0267. The molecule has 0 aliphatic heterocycles. The van der Waals surface area contributed by atoms with E-state index in [0.29, 0.717) is 21.1 Å². The summed E-state index contributed by atoms with van der Waals surface area (Å²) in [5.74, 6) is -1.54. The first-order valence-electron chi connectivity index (χ1n) is 10.3. The lowest BCUT2D eigenvalue weighted by molar-refractivity contribution is -0.114. The molecule has 2 amide bonds. The summed E-state index contributed by atoms with van der Waals surface area (Å²) < 4.78 is 10.2. The topological polar surface area (TPSA) is 111 Å². The van der Waals surface area contributed by atoms with Gasteiger partial charge in [-0.25, -0.2) is 9.59 Å². The monoisotopic (exact) mass is 512 g/mol. The zero-order valence-electron chi connectivity index (χ0n) is 19.5. The van der Waals surface area contributed by atoms with E-state index in [1.54, 1.807) is 13.8 Å². The van der Waals surface area contributed by atoms with E-state index in [-0.39, 0.29) is 36.5 Å². The Morgan fingerprint density at radius 2 is 1.09 bits per heavy atom. The van der Waals surface area contributed by atoms with Crippen molar-refractivity contribution in [3.05, 3.63) is 32.0 Å². The fourth-order valence-electron chi connectivity index (χ4n) is 2.89. The average Bonchev–Trinajstić information content (AvgIpc) is 3.16. The van der Waals surface area contributed by atoms with Crippen molar-refractivity contribution in [2.45, 2.75) is 41.5 Å². The van der Waals surface area contributed by atoms with Gasteiger partial charge < -0.3 is 20.1 Å². The molecule has 0 fully saturated rings. The number of carbonyl (C=O) groups is 4. The molecule has 0 atom stereocenters. The van der Waals surface area contributed by atoms with Crippen molar-refractivity contribution in [3.63, 3.8) is 0 Å². The van der Waals surface area contributed by atoms with E-state index >= 15 is 0 Å². The standard InChI is InChI=1S/C22H28N2O6S3/c1-7-29-21(27)17-11(3)13(5)32-19(17)23-15(25)9-31-10-16(26)24-20-18(22(28)30-8-2)12(4)14(6)33-20/h7-10H2,1-6H3,(H,23,25)(H,24,26). The lowest BCUT2D eigenvalue weighted by atomic mass is 10.1. The molecule has 2 N–H and O–H groups in total. The van der Waals surface area contributed by atoms with E-state index in [9.17, 15) is 19.2 Å². The summed E-state index contributed by atoms with van der Waals surface area (Å²) in [7, 11) is 0. The average molecular weight is 513 g/mol. The molecule has 0 saturated carbocycles. The van der Waals surface area contributed by atoms with Crippen molar-refractivity contribution in [1.29, 1.82) is 0 Å². The molecule has 2 aromatic heterocycles. The second-order valence-corrected chi connectivity index (χ2v) is 10.4. The summed E-state index contributed by atoms with van der Waals surface area (Å²) in [5, 5.41) is 6.39. The molecule has 0 bridgehead atoms. The minimum atomic E-state index is -0.472. The molecule has 0 unspecified atom stereocenters. The molecule has 33 heavy (non-hydrogen) atoms. The van der Waals surface area contributed by atoms with E-state index in [0.717, 1.165) is 32.6 Å². The molecule has 0 spiro atoms. The Bertz CT molecular complexity index is 975. The van der Waals surface area contributed by atoms with Gasteiger partial charge in [0.15, 0.2) is 0 Å². The predicted molar refractivity (Wildman–Crippen MR) is 134 cm³/mol. The number of thiophene rings is 2. The number of nitrogens with one attached hydrogen (secondary N) is 2. The number of ether oxygens (including phenoxy) is 2. The van der Waals surface area contributed by atoms with Crippen molar-refractivity contribution in [2.75, 3.05) is 35.4 Å². The van der Waals surface area contributed by atoms with Crippen LogP contribution in [0.1, 0.15) is 55.4 Å². The van der Waals surface area contributed by atoms with Crippen molar-refractivity contribution < 1.29 is 28.7 Å². The third-order valence-corrected chi connectivity index (χ3v) is 7.88. The van der Waals surface area contributed by atoms with Gasteiger partial charge in [-0.05, 0) is 52.7 Å². The molecule has 2 aromatic rings. The number of aryl methyl sites for hydroxylation is 2. The molecule has 0 radical (unpaired) electrons. The number of anilines is 2. The summed E-state index contributed by atoms with van der Waals surface area (Å²) in [6.07, 6.45) is 0. The van der Waals surface area contributed by atoms with Gasteiger partial charge in [0, 0.05) is 9.75 Å². The van der Waals surface area contributed by atoms with Crippen molar-refractivity contribution in [2.24, 2.45) is 0 Å². The third-order valence-electron chi connectivity index (χ3n) is 4.70. The lowest BCUT2D eigenvalue weighted by Crippen LogP contribution is -2.20. The SMILES string of the molecule is CCOC(=O)c1c(NC(=O)CSCC(=O)Nc2sc(C)c(C)c2C(=O)OCC)sc(C)c1C. The van der Waals surface area contributed by atoms with E-state index in [4.69, 9.17) is 9.47 Å². The van der Waals surface area contributed by atoms with Crippen LogP contribution in [-0.2, 0) is 19.1 Å². The quantitative estimate of drug-likeness (QED) is 0.444. The fraction of sp³-hybridized carbons (Fsp3) is 0.455. The van der Waals surface area contributed by atoms with Crippen LogP contribution in [0.4, 0.5) is 10.0 Å². The fourth-order valence-corrected chi connectivity index (χ4v) is 5.64. The summed E-state index contributed by atoms with van der Waals surface area (Å²) in [6, 6.07) is 0. The van der Waals surface area contributed by atoms with E-state index < -0.39 is 11.9 Å². The highest BCUT2D eigenvalue weighted by atomic mass is 32.2. The summed E-state index contributed by atoms with van der Waals surface area (Å²) in [6.45, 7) is 11.3. The van der Waals surface area contributed by atoms with Crippen LogP contribution in [0.25, 0.3) is 0 Å². The third kappa shape index (κ3) is 6.81. The molecule has 2 rings (SSSR count). The summed E-state index contributed by atoms with van der Waals surface area (Å²) >= 11 is 3.76. The van der Waals surface area contributed by atoms with E-state index in [2.05, 4.69) is 10.6 Å². The Morgan fingerprint density at radius 1 is 0.727 bits per heavy atom. The van der Waals surface area contributed by atoms with Crippen molar-refractivity contribution in [3.8, 4) is 0 Å². The highest BCUT2D eigenvalue weighted by molar-refractivity contribution is 8.00. The normalized spacial score (nSPS) is 10.6. The zero-order valence-corrected chi connectivity index (χ0v) is 22.0. The molecular weight excluding hydrogens is 484 g/mol. The van der Waals surface area contributed by atoms with Crippen molar-refractivity contribution >= 4 is 68.2 Å². The van der Waals surface area contributed by atoms with Gasteiger partial charge in [-0.3, -0.25) is 9.59 Å². The largest absolute Gasteiger partial charge is 0.462 e. The van der Waals surface area contributed by atoms with E-state index in [1.165, 1.54) is 22.7 Å². The van der Waals surface area contributed by atoms with Crippen LogP contribution in [0.2, 0.25) is 0 Å². The van der Waals surface area contributed by atoms with Gasteiger partial charge in [0.05, 0.1) is 35.8 Å². The Hall–Kier alpha value is -2.37. The first-order chi connectivity index (χ1) is 15.6. The smallest absolute Gasteiger partial charge is 0.341 e. The van der Waals surface area contributed by atoms with Crippen LogP contribution in [0.5, 0.6) is 0 Å². The molecule has 180 valence electrons. The van der Waals surface area contributed by atoms with Gasteiger partial charge in [-0.1, -0.05) is 0 Å². The maximum Gasteiger partial charge on any atom is 0.341 e. The number of esters is 2. The van der Waals surface area contributed by atoms with E-state index in [1.807, 2.05) is 27.7 Å². The maximum absolute atomic E-state index is 12.4. The Kier molecular flexibility index (Phi) is 9.93. The molecule has 2 heterocycles. The number of carbonyl (C=O) groups excluding carboxylic acids is 4. The first-order valence-corrected chi connectivity index (χ1v) is 13.1. The van der Waals surface area contributed by atoms with Gasteiger partial charge in [-0.2, -0.15) is 0 Å². The van der Waals surface area contributed by atoms with Gasteiger partial charge in [0.25, 0.3) is 0 Å². The number of rotatable bonds is 10. The van der Waals surface area contributed by atoms with Gasteiger partial charge in [0.2, 0.25) is 11.8 Å². The Balaban J connectivity index is 1.94. The Labute approximate surface area is 205 Å². The van der Waals surface area contributed by atoms with Gasteiger partial charge in [0.1, 0.15) is 10.0 Å². The molecule has 11 heteroatoms. The Morgan fingerprint density at radius 3 is 1.42 bits per heavy atom. The highest BCUT2D eigenvalue weighted by Crippen LogP contribution is 2.34. The molecule has 0 aliphatic carbocycles. The van der Waals surface area contributed by atoms with Crippen LogP contribution in [0, 0.1) is 27.7 Å². The second-order valence-electron chi connectivity index (χ2n) is 7.00. The molecule has 8 nitrogen and oxygen atoms in total. The number of thioether (sulfide) groups is 1. The predicted octanol–water partition coefficient (Wildman–Crippen LogP) is 4.71.